The van der Waals surface area contributed by atoms with Crippen molar-refractivity contribution in [3.05, 3.63) is 4.88 Å². The molecule has 114 valence electrons. The summed E-state index contributed by atoms with van der Waals surface area (Å²) in [5.74, 6) is 2.00. The average Bonchev–Trinajstić information content (AvgIpc) is 3.03. The van der Waals surface area contributed by atoms with E-state index in [2.05, 4.69) is 29.0 Å². The van der Waals surface area contributed by atoms with Crippen molar-refractivity contribution in [2.75, 3.05) is 31.9 Å². The van der Waals surface area contributed by atoms with Gasteiger partial charge in [-0.25, -0.2) is 0 Å². The number of methoxy groups -OCH3 is 1. The van der Waals surface area contributed by atoms with Crippen LogP contribution in [0.2, 0.25) is 0 Å². The minimum atomic E-state index is 0.647. The first kappa shape index (κ1) is 15.9. The molecular formula is C14H25N3OS2. The molecule has 0 radical (unpaired) electrons. The van der Waals surface area contributed by atoms with Gasteiger partial charge in [-0.2, -0.15) is 16.7 Å². The summed E-state index contributed by atoms with van der Waals surface area (Å²) in [6.45, 7) is 3.11. The van der Waals surface area contributed by atoms with Crippen molar-refractivity contribution >= 4 is 28.2 Å². The monoisotopic (exact) mass is 315 g/mol. The summed E-state index contributed by atoms with van der Waals surface area (Å²) >= 11 is 3.81. The second-order valence-corrected chi connectivity index (χ2v) is 7.93. The number of nitrogens with one attached hydrogen (secondary N) is 1. The van der Waals surface area contributed by atoms with Crippen LogP contribution in [0.25, 0.3) is 0 Å². The van der Waals surface area contributed by atoms with E-state index in [0.29, 0.717) is 6.04 Å². The van der Waals surface area contributed by atoms with Crippen LogP contribution in [0, 0.1) is 0 Å². The van der Waals surface area contributed by atoms with Gasteiger partial charge in [-0.1, -0.05) is 18.3 Å². The van der Waals surface area contributed by atoms with Crippen LogP contribution in [0.15, 0.2) is 0 Å². The molecule has 0 amide bonds. The number of thiazole rings is 1. The lowest BCUT2D eigenvalue weighted by Crippen LogP contribution is -2.25. The van der Waals surface area contributed by atoms with Gasteiger partial charge in [0, 0.05) is 31.9 Å². The van der Waals surface area contributed by atoms with E-state index in [1.54, 1.807) is 18.4 Å². The van der Waals surface area contributed by atoms with Gasteiger partial charge in [0.15, 0.2) is 5.13 Å². The fourth-order valence-corrected chi connectivity index (χ4v) is 4.58. The highest BCUT2D eigenvalue weighted by Crippen LogP contribution is 2.32. The number of aromatic nitrogens is 1. The molecule has 1 aliphatic rings. The van der Waals surface area contributed by atoms with Crippen LogP contribution in [0.5, 0.6) is 5.88 Å². The van der Waals surface area contributed by atoms with Crippen molar-refractivity contribution in [3.8, 4) is 5.88 Å². The lowest BCUT2D eigenvalue weighted by molar-refractivity contribution is 0.392. The fraction of sp³-hybridized carbons (Fsp3) is 0.786. The molecule has 0 spiro atoms. The summed E-state index contributed by atoms with van der Waals surface area (Å²) in [5, 5.41) is 5.52. The lowest BCUT2D eigenvalue weighted by Gasteiger charge is -2.12. The smallest absolute Gasteiger partial charge is 0.230 e. The van der Waals surface area contributed by atoms with Crippen molar-refractivity contribution < 1.29 is 4.74 Å². The molecule has 6 heteroatoms. The van der Waals surface area contributed by atoms with Gasteiger partial charge in [-0.3, -0.25) is 0 Å². The van der Waals surface area contributed by atoms with Crippen LogP contribution in [0.1, 0.15) is 31.1 Å². The minimum Gasteiger partial charge on any atom is -0.480 e. The standard InChI is InChI=1S/C14H25N3OS2/c1-5-19-11-7-6-10(8-11)15-9-12-13(18-4)16-14(20-12)17(2)3/h10-11,15H,5-9H2,1-4H3. The van der Waals surface area contributed by atoms with E-state index in [1.165, 1.54) is 29.9 Å². The number of anilines is 1. The predicted molar refractivity (Wildman–Crippen MR) is 89.4 cm³/mol. The van der Waals surface area contributed by atoms with Gasteiger partial charge in [0.2, 0.25) is 5.88 Å². The second-order valence-electron chi connectivity index (χ2n) is 5.29. The number of hydrogen-bond donors (Lipinski definition) is 1. The molecule has 2 atom stereocenters. The van der Waals surface area contributed by atoms with E-state index < -0.39 is 0 Å². The molecule has 0 saturated heterocycles. The van der Waals surface area contributed by atoms with Crippen LogP contribution >= 0.6 is 23.1 Å². The summed E-state index contributed by atoms with van der Waals surface area (Å²) in [6, 6.07) is 0.647. The van der Waals surface area contributed by atoms with Crippen molar-refractivity contribution in [3.63, 3.8) is 0 Å². The Morgan fingerprint density at radius 3 is 2.90 bits per heavy atom. The molecule has 2 unspecified atom stereocenters. The number of hydrogen-bond acceptors (Lipinski definition) is 6. The van der Waals surface area contributed by atoms with E-state index in [4.69, 9.17) is 4.74 Å². The molecule has 1 aromatic rings. The normalized spacial score (nSPS) is 22.2. The summed E-state index contributed by atoms with van der Waals surface area (Å²) in [5.41, 5.74) is 0. The Bertz CT molecular complexity index is 423. The lowest BCUT2D eigenvalue weighted by atomic mass is 10.2. The van der Waals surface area contributed by atoms with Gasteiger partial charge in [0.05, 0.1) is 12.0 Å². The van der Waals surface area contributed by atoms with E-state index in [9.17, 15) is 0 Å². The first-order valence-electron chi connectivity index (χ1n) is 7.20. The number of rotatable bonds is 7. The highest BCUT2D eigenvalue weighted by Gasteiger charge is 2.24. The number of nitrogens with zero attached hydrogens (tertiary/aromatic N) is 2. The molecule has 20 heavy (non-hydrogen) atoms. The molecule has 2 rings (SSSR count). The molecule has 1 saturated carbocycles. The maximum absolute atomic E-state index is 5.38. The molecule has 0 bridgehead atoms. The maximum atomic E-state index is 5.38. The third kappa shape index (κ3) is 4.02. The Morgan fingerprint density at radius 2 is 2.25 bits per heavy atom. The van der Waals surface area contributed by atoms with Crippen LogP contribution in [0.3, 0.4) is 0 Å². The zero-order valence-electron chi connectivity index (χ0n) is 12.8. The molecule has 1 N–H and O–H groups in total. The topological polar surface area (TPSA) is 37.4 Å². The Hall–Kier alpha value is -0.460. The Labute approximate surface area is 130 Å². The van der Waals surface area contributed by atoms with Crippen LogP contribution < -0.4 is 15.0 Å². The van der Waals surface area contributed by atoms with E-state index in [-0.39, 0.29) is 0 Å². The molecule has 4 nitrogen and oxygen atoms in total. The zero-order valence-corrected chi connectivity index (χ0v) is 14.4. The Morgan fingerprint density at radius 1 is 1.45 bits per heavy atom. The highest BCUT2D eigenvalue weighted by molar-refractivity contribution is 7.99. The van der Waals surface area contributed by atoms with Crippen LogP contribution in [-0.2, 0) is 6.54 Å². The highest BCUT2D eigenvalue weighted by atomic mass is 32.2. The first-order valence-corrected chi connectivity index (χ1v) is 9.06. The molecule has 1 aliphatic carbocycles. The quantitative estimate of drug-likeness (QED) is 0.837. The summed E-state index contributed by atoms with van der Waals surface area (Å²) in [6.07, 6.45) is 3.93. The predicted octanol–water partition coefficient (Wildman–Crippen LogP) is 2.98. The molecule has 0 aliphatic heterocycles. The van der Waals surface area contributed by atoms with E-state index in [0.717, 1.165) is 22.8 Å². The number of thioether (sulfide) groups is 1. The van der Waals surface area contributed by atoms with Crippen molar-refractivity contribution in [2.45, 2.75) is 44.0 Å². The molecular weight excluding hydrogens is 290 g/mol. The van der Waals surface area contributed by atoms with E-state index >= 15 is 0 Å². The first-order chi connectivity index (χ1) is 9.63. The van der Waals surface area contributed by atoms with Gasteiger partial charge in [0.25, 0.3) is 0 Å². The van der Waals surface area contributed by atoms with Crippen molar-refractivity contribution in [2.24, 2.45) is 0 Å². The number of ether oxygens (including phenoxy) is 1. The van der Waals surface area contributed by atoms with Crippen LogP contribution in [-0.4, -0.2) is 43.2 Å². The van der Waals surface area contributed by atoms with Crippen molar-refractivity contribution in [1.82, 2.24) is 10.3 Å². The molecule has 0 aromatic carbocycles. The van der Waals surface area contributed by atoms with Gasteiger partial charge in [-0.15, -0.1) is 0 Å². The minimum absolute atomic E-state index is 0.647. The molecule has 1 heterocycles. The van der Waals surface area contributed by atoms with Gasteiger partial charge in [-0.05, 0) is 25.0 Å². The summed E-state index contributed by atoms with van der Waals surface area (Å²) in [7, 11) is 5.72. The van der Waals surface area contributed by atoms with Crippen LogP contribution in [0.4, 0.5) is 5.13 Å². The third-order valence-electron chi connectivity index (χ3n) is 3.56. The second kappa shape index (κ2) is 7.52. The third-order valence-corrected chi connectivity index (χ3v) is 6.00. The largest absolute Gasteiger partial charge is 0.480 e. The molecule has 1 aromatic heterocycles. The summed E-state index contributed by atoms with van der Waals surface area (Å²) < 4.78 is 5.38. The zero-order chi connectivity index (χ0) is 14.5. The summed E-state index contributed by atoms with van der Waals surface area (Å²) in [4.78, 5) is 7.72. The Balaban J connectivity index is 1.88. The fourth-order valence-electron chi connectivity index (χ4n) is 2.54. The van der Waals surface area contributed by atoms with Gasteiger partial charge in [0.1, 0.15) is 0 Å². The Kier molecular flexibility index (Phi) is 5.99. The SMILES string of the molecule is CCSC1CCC(NCc2sc(N(C)C)nc2OC)C1. The van der Waals surface area contributed by atoms with Gasteiger partial charge < -0.3 is 15.0 Å². The van der Waals surface area contributed by atoms with E-state index in [1.807, 2.05) is 19.0 Å². The molecule has 1 fully saturated rings. The van der Waals surface area contributed by atoms with Crippen molar-refractivity contribution in [1.29, 1.82) is 0 Å². The van der Waals surface area contributed by atoms with Gasteiger partial charge >= 0.3 is 0 Å². The average molecular weight is 316 g/mol. The maximum Gasteiger partial charge on any atom is 0.230 e.